The van der Waals surface area contributed by atoms with Crippen molar-refractivity contribution in [2.45, 2.75) is 58.0 Å². The van der Waals surface area contributed by atoms with Gasteiger partial charge in [-0.15, -0.1) is 24.0 Å². The maximum atomic E-state index is 12.8. The molecule has 168 valence electrons. The topological polar surface area (TPSA) is 75.2 Å². The number of halogens is 1. The average molecular weight is 530 g/mol. The van der Waals surface area contributed by atoms with Crippen molar-refractivity contribution in [1.82, 2.24) is 15.5 Å². The van der Waals surface area contributed by atoms with E-state index in [4.69, 9.17) is 9.47 Å². The minimum Gasteiger partial charge on any atom is -0.373 e. The van der Waals surface area contributed by atoms with Crippen LogP contribution < -0.4 is 10.6 Å². The molecule has 1 amide bonds. The van der Waals surface area contributed by atoms with Crippen molar-refractivity contribution in [3.63, 3.8) is 0 Å². The van der Waals surface area contributed by atoms with E-state index in [1.165, 1.54) is 0 Å². The van der Waals surface area contributed by atoms with Gasteiger partial charge in [0.15, 0.2) is 5.96 Å². The van der Waals surface area contributed by atoms with Crippen LogP contribution in [0.1, 0.15) is 49.5 Å². The predicted octanol–water partition coefficient (Wildman–Crippen LogP) is 2.79. The Bertz CT molecular complexity index is 710. The van der Waals surface area contributed by atoms with E-state index in [1.54, 1.807) is 7.05 Å². The molecule has 2 aliphatic heterocycles. The van der Waals surface area contributed by atoms with E-state index in [1.807, 2.05) is 43.0 Å². The Kier molecular flexibility index (Phi) is 9.36. The molecule has 0 bridgehead atoms. The van der Waals surface area contributed by atoms with Gasteiger partial charge in [0, 0.05) is 45.4 Å². The summed E-state index contributed by atoms with van der Waals surface area (Å²) in [4.78, 5) is 18.9. The molecular formula is C22H35IN4O3. The molecule has 2 fully saturated rings. The maximum Gasteiger partial charge on any atom is 0.254 e. The van der Waals surface area contributed by atoms with E-state index in [2.05, 4.69) is 22.5 Å². The number of rotatable bonds is 5. The van der Waals surface area contributed by atoms with Crippen molar-refractivity contribution in [3.8, 4) is 0 Å². The number of guanidine groups is 1. The Hall–Kier alpha value is -1.39. The number of ether oxygens (including phenoxy) is 2. The van der Waals surface area contributed by atoms with Crippen molar-refractivity contribution >= 4 is 35.8 Å². The molecule has 0 saturated carbocycles. The van der Waals surface area contributed by atoms with Crippen LogP contribution in [-0.2, 0) is 16.0 Å². The fourth-order valence-electron chi connectivity index (χ4n) is 3.94. The fourth-order valence-corrected chi connectivity index (χ4v) is 3.94. The van der Waals surface area contributed by atoms with Gasteiger partial charge >= 0.3 is 0 Å². The van der Waals surface area contributed by atoms with Crippen molar-refractivity contribution < 1.29 is 14.3 Å². The van der Waals surface area contributed by atoms with Gasteiger partial charge < -0.3 is 25.0 Å². The first-order valence-corrected chi connectivity index (χ1v) is 10.5. The zero-order valence-electron chi connectivity index (χ0n) is 18.4. The van der Waals surface area contributed by atoms with Crippen LogP contribution in [0.4, 0.5) is 0 Å². The molecule has 2 N–H and O–H groups in total. The van der Waals surface area contributed by atoms with Crippen molar-refractivity contribution in [2.75, 3.05) is 33.3 Å². The smallest absolute Gasteiger partial charge is 0.254 e. The molecule has 8 heteroatoms. The van der Waals surface area contributed by atoms with Gasteiger partial charge in [0.1, 0.15) is 0 Å². The minimum atomic E-state index is -0.117. The lowest BCUT2D eigenvalue weighted by atomic mass is 10.0. The quantitative estimate of drug-likeness (QED) is 0.348. The third kappa shape index (κ3) is 6.81. The first-order valence-electron chi connectivity index (χ1n) is 10.5. The third-order valence-electron chi connectivity index (χ3n) is 5.52. The second-order valence-electron chi connectivity index (χ2n) is 8.35. The molecule has 2 saturated heterocycles. The molecule has 3 atom stereocenters. The lowest BCUT2D eigenvalue weighted by Gasteiger charge is -2.35. The average Bonchev–Trinajstić information content (AvgIpc) is 3.14. The van der Waals surface area contributed by atoms with Crippen LogP contribution in [0.2, 0.25) is 0 Å². The molecule has 0 aromatic heterocycles. The highest BCUT2D eigenvalue weighted by Gasteiger charge is 2.29. The summed E-state index contributed by atoms with van der Waals surface area (Å²) in [6.45, 7) is 9.61. The molecule has 3 rings (SSSR count). The van der Waals surface area contributed by atoms with Crippen molar-refractivity contribution in [1.29, 1.82) is 0 Å². The summed E-state index contributed by atoms with van der Waals surface area (Å²) < 4.78 is 11.5. The second kappa shape index (κ2) is 11.3. The van der Waals surface area contributed by atoms with E-state index in [0.717, 1.165) is 37.5 Å². The van der Waals surface area contributed by atoms with Crippen LogP contribution in [0, 0.1) is 0 Å². The highest BCUT2D eigenvalue weighted by molar-refractivity contribution is 14.0. The SMILES string of the molecule is CN=C(NCc1ccc(C(=O)N2CC(C)OC(C)C2)cc1)NCC1(C)CCCO1.I. The third-order valence-corrected chi connectivity index (χ3v) is 5.52. The number of benzene rings is 1. The molecule has 2 aliphatic rings. The van der Waals surface area contributed by atoms with Gasteiger partial charge in [0.25, 0.3) is 5.91 Å². The van der Waals surface area contributed by atoms with Crippen LogP contribution in [-0.4, -0.2) is 67.9 Å². The molecule has 30 heavy (non-hydrogen) atoms. The number of carbonyl (C=O) groups excluding carboxylic acids is 1. The fraction of sp³-hybridized carbons (Fsp3) is 0.636. The summed E-state index contributed by atoms with van der Waals surface area (Å²) in [5.41, 5.74) is 1.69. The van der Waals surface area contributed by atoms with Crippen LogP contribution in [0.5, 0.6) is 0 Å². The summed E-state index contributed by atoms with van der Waals surface area (Å²) in [5, 5.41) is 6.67. The van der Waals surface area contributed by atoms with E-state index in [9.17, 15) is 4.79 Å². The Balaban J connectivity index is 0.00000320. The second-order valence-corrected chi connectivity index (χ2v) is 8.35. The van der Waals surface area contributed by atoms with Crippen LogP contribution >= 0.6 is 24.0 Å². The summed E-state index contributed by atoms with van der Waals surface area (Å²) in [7, 11) is 1.76. The molecule has 0 aliphatic carbocycles. The summed E-state index contributed by atoms with van der Waals surface area (Å²) >= 11 is 0. The van der Waals surface area contributed by atoms with Gasteiger partial charge in [0.2, 0.25) is 0 Å². The number of hydrogen-bond acceptors (Lipinski definition) is 4. The molecule has 1 aromatic carbocycles. The molecular weight excluding hydrogens is 495 g/mol. The van der Waals surface area contributed by atoms with E-state index >= 15 is 0 Å². The summed E-state index contributed by atoms with van der Waals surface area (Å²) in [6.07, 6.45) is 2.31. The van der Waals surface area contributed by atoms with Gasteiger partial charge in [-0.1, -0.05) is 12.1 Å². The zero-order chi connectivity index (χ0) is 20.9. The summed E-state index contributed by atoms with van der Waals surface area (Å²) in [5.74, 6) is 0.812. The van der Waals surface area contributed by atoms with E-state index in [-0.39, 0.29) is 47.7 Å². The normalized spacial score (nSPS) is 26.8. The molecule has 3 unspecified atom stereocenters. The summed E-state index contributed by atoms with van der Waals surface area (Å²) in [6, 6.07) is 7.77. The highest BCUT2D eigenvalue weighted by Crippen LogP contribution is 2.23. The Morgan fingerprint density at radius 2 is 1.87 bits per heavy atom. The van der Waals surface area contributed by atoms with E-state index < -0.39 is 0 Å². The zero-order valence-corrected chi connectivity index (χ0v) is 20.8. The number of nitrogens with zero attached hydrogens (tertiary/aromatic N) is 2. The lowest BCUT2D eigenvalue weighted by Crippen LogP contribution is -2.48. The van der Waals surface area contributed by atoms with Gasteiger partial charge in [-0.25, -0.2) is 0 Å². The Morgan fingerprint density at radius 1 is 1.20 bits per heavy atom. The minimum absolute atomic E-state index is 0. The van der Waals surface area contributed by atoms with Crippen LogP contribution in [0.15, 0.2) is 29.3 Å². The number of aliphatic imine (C=N–C) groups is 1. The first-order chi connectivity index (χ1) is 13.9. The number of amides is 1. The molecule has 2 heterocycles. The van der Waals surface area contributed by atoms with E-state index in [0.29, 0.717) is 25.2 Å². The standard InChI is InChI=1S/C22H34N4O3.HI/c1-16-13-26(14-17(2)29-16)20(27)19-8-6-18(7-9-19)12-24-21(23-4)25-15-22(3)10-5-11-28-22;/h6-9,16-17H,5,10-15H2,1-4H3,(H2,23,24,25);1H. The lowest BCUT2D eigenvalue weighted by molar-refractivity contribution is -0.0586. The number of morpholine rings is 1. The van der Waals surface area contributed by atoms with Crippen molar-refractivity contribution in [3.05, 3.63) is 35.4 Å². The van der Waals surface area contributed by atoms with Gasteiger partial charge in [0.05, 0.1) is 17.8 Å². The van der Waals surface area contributed by atoms with Gasteiger partial charge in [-0.05, 0) is 51.3 Å². The molecule has 7 nitrogen and oxygen atoms in total. The Morgan fingerprint density at radius 3 is 2.43 bits per heavy atom. The first kappa shape index (κ1) is 24.9. The number of nitrogens with one attached hydrogen (secondary N) is 2. The van der Waals surface area contributed by atoms with Gasteiger partial charge in [-0.2, -0.15) is 0 Å². The molecule has 0 spiro atoms. The maximum absolute atomic E-state index is 12.8. The van der Waals surface area contributed by atoms with Crippen molar-refractivity contribution in [2.24, 2.45) is 4.99 Å². The monoisotopic (exact) mass is 530 g/mol. The number of carbonyl (C=O) groups is 1. The Labute approximate surface area is 197 Å². The largest absolute Gasteiger partial charge is 0.373 e. The van der Waals surface area contributed by atoms with Gasteiger partial charge in [-0.3, -0.25) is 9.79 Å². The number of hydrogen-bond donors (Lipinski definition) is 2. The molecule has 1 aromatic rings. The van der Waals surface area contributed by atoms with Crippen LogP contribution in [0.3, 0.4) is 0 Å². The molecule has 0 radical (unpaired) electrons. The van der Waals surface area contributed by atoms with Crippen LogP contribution in [0.25, 0.3) is 0 Å². The predicted molar refractivity (Wildman–Crippen MR) is 130 cm³/mol. The highest BCUT2D eigenvalue weighted by atomic mass is 127.